The highest BCUT2D eigenvalue weighted by Gasteiger charge is 2.04. The van der Waals surface area contributed by atoms with Crippen LogP contribution in [0.3, 0.4) is 0 Å². The monoisotopic (exact) mass is 222 g/mol. The number of hydrogen-bond donors (Lipinski definition) is 4. The maximum absolute atomic E-state index is 9.38. The molecule has 1 unspecified atom stereocenters. The van der Waals surface area contributed by atoms with E-state index in [1.807, 2.05) is 0 Å². The molecule has 0 aromatic heterocycles. The predicted octanol–water partition coefficient (Wildman–Crippen LogP) is -0.383. The van der Waals surface area contributed by atoms with Gasteiger partial charge in [-0.2, -0.15) is 0 Å². The van der Waals surface area contributed by atoms with E-state index < -0.39 is 12.4 Å². The van der Waals surface area contributed by atoms with Gasteiger partial charge in [0.2, 0.25) is 0 Å². The molecule has 0 aromatic rings. The first-order chi connectivity index (χ1) is 7.16. The average molecular weight is 222 g/mol. The van der Waals surface area contributed by atoms with Crippen molar-refractivity contribution < 1.29 is 25.2 Å². The molecule has 0 aromatic carbocycles. The number of ether oxygens (including phenoxy) is 1. The average Bonchev–Trinajstić information content (AvgIpc) is 2.17. The quantitative estimate of drug-likeness (QED) is 0.299. The van der Waals surface area contributed by atoms with Crippen LogP contribution in [-0.2, 0) is 4.74 Å². The Kier molecular flexibility index (Phi) is 10.2. The van der Waals surface area contributed by atoms with E-state index in [1.165, 1.54) is 0 Å². The first-order valence-corrected chi connectivity index (χ1v) is 5.39. The third-order valence-corrected chi connectivity index (χ3v) is 2.05. The van der Waals surface area contributed by atoms with Crippen molar-refractivity contribution >= 4 is 0 Å². The molecule has 0 bridgehead atoms. The molecule has 0 rings (SSSR count). The number of aliphatic hydroxyl groups excluding tert-OH is 3. The molecule has 0 fully saturated rings. The Hall–Kier alpha value is -0.200. The van der Waals surface area contributed by atoms with Crippen LogP contribution in [0.5, 0.6) is 0 Å². The Bertz CT molecular complexity index is 129. The van der Waals surface area contributed by atoms with Crippen LogP contribution in [0.4, 0.5) is 0 Å². The highest BCUT2D eigenvalue weighted by molar-refractivity contribution is 4.55. The van der Waals surface area contributed by atoms with Crippen molar-refractivity contribution in [2.75, 3.05) is 19.8 Å². The maximum atomic E-state index is 9.38. The predicted molar refractivity (Wildman–Crippen MR) is 55.2 cm³/mol. The number of aliphatic hydroxyl groups is 4. The van der Waals surface area contributed by atoms with Crippen molar-refractivity contribution in [3.05, 3.63) is 0 Å². The molecule has 1 atom stereocenters. The lowest BCUT2D eigenvalue weighted by molar-refractivity contribution is -0.0467. The number of rotatable bonds is 10. The summed E-state index contributed by atoms with van der Waals surface area (Å²) in [7, 11) is 0. The SMILES string of the molecule is OCCOCC(O)CCCCCC(O)O. The Morgan fingerprint density at radius 1 is 0.933 bits per heavy atom. The maximum Gasteiger partial charge on any atom is 0.151 e. The molecule has 15 heavy (non-hydrogen) atoms. The van der Waals surface area contributed by atoms with Gasteiger partial charge in [0, 0.05) is 0 Å². The van der Waals surface area contributed by atoms with Crippen LogP contribution >= 0.6 is 0 Å². The highest BCUT2D eigenvalue weighted by Crippen LogP contribution is 2.07. The van der Waals surface area contributed by atoms with Gasteiger partial charge in [0.1, 0.15) is 0 Å². The minimum Gasteiger partial charge on any atom is -0.394 e. The topological polar surface area (TPSA) is 90.2 Å². The minimum atomic E-state index is -1.22. The van der Waals surface area contributed by atoms with Crippen LogP contribution in [0.1, 0.15) is 32.1 Å². The second-order valence-corrected chi connectivity index (χ2v) is 3.57. The van der Waals surface area contributed by atoms with Crippen LogP contribution in [0.25, 0.3) is 0 Å². The number of hydrogen-bond acceptors (Lipinski definition) is 5. The van der Waals surface area contributed by atoms with E-state index in [2.05, 4.69) is 0 Å². The second-order valence-electron chi connectivity index (χ2n) is 3.57. The molecule has 0 heterocycles. The third kappa shape index (κ3) is 11.7. The van der Waals surface area contributed by atoms with Crippen LogP contribution < -0.4 is 0 Å². The number of unbranched alkanes of at least 4 members (excludes halogenated alkanes) is 2. The highest BCUT2D eigenvalue weighted by atomic mass is 16.5. The first-order valence-electron chi connectivity index (χ1n) is 5.39. The second kappa shape index (κ2) is 10.3. The minimum absolute atomic E-state index is 0.0267. The first kappa shape index (κ1) is 14.8. The summed E-state index contributed by atoms with van der Waals surface area (Å²) in [6, 6.07) is 0. The molecule has 0 amide bonds. The van der Waals surface area contributed by atoms with Gasteiger partial charge in [-0.1, -0.05) is 12.8 Å². The lowest BCUT2D eigenvalue weighted by Gasteiger charge is -2.10. The van der Waals surface area contributed by atoms with Crippen molar-refractivity contribution in [2.24, 2.45) is 0 Å². The van der Waals surface area contributed by atoms with Gasteiger partial charge in [0.25, 0.3) is 0 Å². The lowest BCUT2D eigenvalue weighted by atomic mass is 10.1. The van der Waals surface area contributed by atoms with Gasteiger partial charge < -0.3 is 25.2 Å². The molecule has 5 heteroatoms. The molecule has 92 valence electrons. The molecule has 0 saturated carbocycles. The van der Waals surface area contributed by atoms with E-state index in [-0.39, 0.29) is 19.8 Å². The summed E-state index contributed by atoms with van der Waals surface area (Å²) >= 11 is 0. The fraction of sp³-hybridized carbons (Fsp3) is 1.00. The van der Waals surface area contributed by atoms with Gasteiger partial charge in [0.15, 0.2) is 6.29 Å². The standard InChI is InChI=1S/C10H22O5/c11-6-7-15-8-9(12)4-2-1-3-5-10(13)14/h9-14H,1-8H2. The molecule has 5 nitrogen and oxygen atoms in total. The van der Waals surface area contributed by atoms with Crippen molar-refractivity contribution in [1.29, 1.82) is 0 Å². The third-order valence-electron chi connectivity index (χ3n) is 2.05. The normalized spacial score (nSPS) is 13.4. The van der Waals surface area contributed by atoms with E-state index in [0.29, 0.717) is 12.8 Å². The summed E-state index contributed by atoms with van der Waals surface area (Å²) in [5.41, 5.74) is 0. The van der Waals surface area contributed by atoms with E-state index in [9.17, 15) is 5.11 Å². The van der Waals surface area contributed by atoms with Crippen LogP contribution in [0.2, 0.25) is 0 Å². The summed E-state index contributed by atoms with van der Waals surface area (Å²) in [6.45, 7) is 0.484. The fourth-order valence-electron chi connectivity index (χ4n) is 1.25. The van der Waals surface area contributed by atoms with Gasteiger partial charge in [-0.05, 0) is 19.3 Å². The zero-order valence-electron chi connectivity index (χ0n) is 9.01. The molecule has 0 saturated heterocycles. The Morgan fingerprint density at radius 2 is 1.60 bits per heavy atom. The molecular weight excluding hydrogens is 200 g/mol. The molecule has 0 aliphatic carbocycles. The van der Waals surface area contributed by atoms with Crippen molar-refractivity contribution in [2.45, 2.75) is 44.5 Å². The molecule has 0 aliphatic heterocycles. The van der Waals surface area contributed by atoms with Gasteiger partial charge in [-0.15, -0.1) is 0 Å². The van der Waals surface area contributed by atoms with Crippen molar-refractivity contribution in [3.8, 4) is 0 Å². The lowest BCUT2D eigenvalue weighted by Crippen LogP contribution is -2.16. The Balaban J connectivity index is 3.13. The van der Waals surface area contributed by atoms with E-state index in [0.717, 1.165) is 19.3 Å². The van der Waals surface area contributed by atoms with Gasteiger partial charge >= 0.3 is 0 Å². The van der Waals surface area contributed by atoms with Gasteiger partial charge in [-0.25, -0.2) is 0 Å². The van der Waals surface area contributed by atoms with E-state index in [1.54, 1.807) is 0 Å². The summed E-state index contributed by atoms with van der Waals surface area (Å²) < 4.78 is 4.96. The Morgan fingerprint density at radius 3 is 2.20 bits per heavy atom. The zero-order valence-corrected chi connectivity index (χ0v) is 9.01. The summed E-state index contributed by atoms with van der Waals surface area (Å²) in [5.74, 6) is 0. The molecule has 0 radical (unpaired) electrons. The molecular formula is C10H22O5. The van der Waals surface area contributed by atoms with Crippen molar-refractivity contribution in [1.82, 2.24) is 0 Å². The van der Waals surface area contributed by atoms with Crippen LogP contribution in [-0.4, -0.2) is 52.6 Å². The van der Waals surface area contributed by atoms with Crippen LogP contribution in [0, 0.1) is 0 Å². The molecule has 0 aliphatic rings. The largest absolute Gasteiger partial charge is 0.394 e. The van der Waals surface area contributed by atoms with Gasteiger partial charge in [-0.3, -0.25) is 0 Å². The van der Waals surface area contributed by atoms with E-state index in [4.69, 9.17) is 20.1 Å². The summed E-state index contributed by atoms with van der Waals surface area (Å²) in [5, 5.41) is 34.9. The zero-order chi connectivity index (χ0) is 11.5. The molecule has 4 N–H and O–H groups in total. The van der Waals surface area contributed by atoms with Crippen molar-refractivity contribution in [3.63, 3.8) is 0 Å². The summed E-state index contributed by atoms with van der Waals surface area (Å²) in [4.78, 5) is 0. The smallest absolute Gasteiger partial charge is 0.151 e. The summed E-state index contributed by atoms with van der Waals surface area (Å²) in [6.07, 6.45) is 1.79. The van der Waals surface area contributed by atoms with E-state index >= 15 is 0 Å². The molecule has 0 spiro atoms. The fourth-order valence-corrected chi connectivity index (χ4v) is 1.25. The Labute approximate surface area is 90.3 Å². The van der Waals surface area contributed by atoms with Crippen LogP contribution in [0.15, 0.2) is 0 Å². The van der Waals surface area contributed by atoms with Gasteiger partial charge in [0.05, 0.1) is 25.9 Å².